The van der Waals surface area contributed by atoms with E-state index in [0.717, 1.165) is 17.4 Å². The van der Waals surface area contributed by atoms with E-state index in [1.54, 1.807) is 4.90 Å². The maximum atomic E-state index is 11.7. The first-order chi connectivity index (χ1) is 7.83. The normalized spacial score (nSPS) is 18.7. The van der Waals surface area contributed by atoms with Gasteiger partial charge in [0.2, 0.25) is 5.91 Å². The van der Waals surface area contributed by atoms with Crippen molar-refractivity contribution in [3.05, 3.63) is 0 Å². The van der Waals surface area contributed by atoms with E-state index in [-0.39, 0.29) is 12.5 Å². The first-order valence-corrected chi connectivity index (χ1v) is 6.90. The third-order valence-corrected chi connectivity index (χ3v) is 4.21. The van der Waals surface area contributed by atoms with Crippen LogP contribution in [0, 0.1) is 0 Å². The number of nitrogens with one attached hydrogen (secondary N) is 1. The molecule has 0 aromatic heterocycles. The van der Waals surface area contributed by atoms with Crippen molar-refractivity contribution < 1.29 is 13.2 Å². The van der Waals surface area contributed by atoms with Gasteiger partial charge in [0, 0.05) is 40.3 Å². The first kappa shape index (κ1) is 14.4. The molecule has 1 rings (SSSR count). The van der Waals surface area contributed by atoms with Gasteiger partial charge in [-0.1, -0.05) is 0 Å². The minimum absolute atomic E-state index is 0.176. The molecular weight excluding hydrogens is 244 g/mol. The molecule has 0 aromatic rings. The van der Waals surface area contributed by atoms with E-state index in [0.29, 0.717) is 13.1 Å². The fraction of sp³-hybridized carbons (Fsp3) is 0.889. The van der Waals surface area contributed by atoms with Gasteiger partial charge >= 0.3 is 0 Å². The summed E-state index contributed by atoms with van der Waals surface area (Å²) in [6.45, 7) is 2.78. The molecule has 0 aliphatic carbocycles. The molecule has 0 unspecified atom stereocenters. The number of carbonyl (C=O) groups is 1. The first-order valence-electron chi connectivity index (χ1n) is 5.46. The summed E-state index contributed by atoms with van der Waals surface area (Å²) in [7, 11) is 1.32. The molecule has 1 fully saturated rings. The molecule has 1 N–H and O–H groups in total. The van der Waals surface area contributed by atoms with Crippen LogP contribution in [0.25, 0.3) is 0 Å². The Labute approximate surface area is 103 Å². The van der Waals surface area contributed by atoms with E-state index in [1.807, 2.05) is 7.05 Å². The summed E-state index contributed by atoms with van der Waals surface area (Å²) in [6, 6.07) is 0. The Bertz CT molecular complexity index is 360. The lowest BCUT2D eigenvalue weighted by molar-refractivity contribution is -0.131. The van der Waals surface area contributed by atoms with Crippen molar-refractivity contribution in [3.63, 3.8) is 0 Å². The van der Waals surface area contributed by atoms with Crippen LogP contribution in [-0.2, 0) is 15.0 Å². The molecule has 0 spiro atoms. The van der Waals surface area contributed by atoms with Crippen LogP contribution in [-0.4, -0.2) is 82.3 Å². The summed E-state index contributed by atoms with van der Waals surface area (Å²) in [5, 5.41) is 0. The Morgan fingerprint density at radius 3 is 2.24 bits per heavy atom. The molecule has 8 heteroatoms. The van der Waals surface area contributed by atoms with Gasteiger partial charge in [0.25, 0.3) is 10.2 Å². The number of hydrogen-bond donors (Lipinski definition) is 1. The molecule has 1 aliphatic heterocycles. The number of nitrogens with zero attached hydrogens (tertiary/aromatic N) is 3. The van der Waals surface area contributed by atoms with Crippen molar-refractivity contribution in [3.8, 4) is 0 Å². The maximum absolute atomic E-state index is 11.7. The van der Waals surface area contributed by atoms with Gasteiger partial charge in [0.1, 0.15) is 0 Å². The molecule has 0 aromatic carbocycles. The Morgan fingerprint density at radius 2 is 1.76 bits per heavy atom. The van der Waals surface area contributed by atoms with Crippen LogP contribution in [0.15, 0.2) is 0 Å². The summed E-state index contributed by atoms with van der Waals surface area (Å²) in [4.78, 5) is 15.5. The molecule has 17 heavy (non-hydrogen) atoms. The molecule has 0 bridgehead atoms. The number of carbonyl (C=O) groups excluding carboxylic acids is 1. The van der Waals surface area contributed by atoms with Crippen LogP contribution in [0.2, 0.25) is 0 Å². The van der Waals surface area contributed by atoms with E-state index in [2.05, 4.69) is 9.62 Å². The quantitative estimate of drug-likeness (QED) is 0.647. The average Bonchev–Trinajstić information content (AvgIpc) is 2.27. The van der Waals surface area contributed by atoms with Crippen molar-refractivity contribution in [2.45, 2.75) is 0 Å². The standard InChI is InChI=1S/C9H20N4O3S/c1-11(2)17(15,16)10-8-9(14)13-6-4-12(3)5-7-13/h10H,4-8H2,1-3H3. The number of amides is 1. The van der Waals surface area contributed by atoms with Gasteiger partial charge in [0.05, 0.1) is 6.54 Å². The fourth-order valence-corrected chi connectivity index (χ4v) is 2.01. The molecule has 0 atom stereocenters. The predicted octanol–water partition coefficient (Wildman–Crippen LogP) is -1.84. The number of likely N-dealkylation sites (N-methyl/N-ethyl adjacent to an activating group) is 1. The second-order valence-corrected chi connectivity index (χ2v) is 6.26. The number of piperazine rings is 1. The van der Waals surface area contributed by atoms with Crippen molar-refractivity contribution in [1.29, 1.82) is 0 Å². The van der Waals surface area contributed by atoms with Crippen molar-refractivity contribution in [1.82, 2.24) is 18.8 Å². The summed E-state index contributed by atoms with van der Waals surface area (Å²) in [5.74, 6) is -0.177. The van der Waals surface area contributed by atoms with Gasteiger partial charge in [-0.05, 0) is 7.05 Å². The molecule has 0 radical (unpaired) electrons. The Balaban J connectivity index is 2.40. The third kappa shape index (κ3) is 4.23. The topological polar surface area (TPSA) is 73.0 Å². The second-order valence-electron chi connectivity index (χ2n) is 4.29. The molecular formula is C9H20N4O3S. The second kappa shape index (κ2) is 5.76. The van der Waals surface area contributed by atoms with Gasteiger partial charge in [0.15, 0.2) is 0 Å². The van der Waals surface area contributed by atoms with Crippen LogP contribution in [0.1, 0.15) is 0 Å². The van der Waals surface area contributed by atoms with Crippen LogP contribution in [0.3, 0.4) is 0 Å². The SMILES string of the molecule is CN1CCN(C(=O)CNS(=O)(=O)N(C)C)CC1. The lowest BCUT2D eigenvalue weighted by atomic mass is 10.3. The fourth-order valence-electron chi connectivity index (χ4n) is 1.45. The van der Waals surface area contributed by atoms with E-state index < -0.39 is 10.2 Å². The van der Waals surface area contributed by atoms with Crippen LogP contribution in [0.5, 0.6) is 0 Å². The molecule has 1 heterocycles. The molecule has 1 aliphatic rings. The Hall–Kier alpha value is -0.700. The maximum Gasteiger partial charge on any atom is 0.279 e. The van der Waals surface area contributed by atoms with E-state index in [4.69, 9.17) is 0 Å². The lowest BCUT2D eigenvalue weighted by Crippen LogP contribution is -2.50. The van der Waals surface area contributed by atoms with Crippen LogP contribution >= 0.6 is 0 Å². The van der Waals surface area contributed by atoms with Gasteiger partial charge in [-0.15, -0.1) is 0 Å². The highest BCUT2D eigenvalue weighted by Crippen LogP contribution is 1.99. The van der Waals surface area contributed by atoms with Gasteiger partial charge in [-0.2, -0.15) is 17.4 Å². The highest BCUT2D eigenvalue weighted by Gasteiger charge is 2.21. The summed E-state index contributed by atoms with van der Waals surface area (Å²) in [6.07, 6.45) is 0. The summed E-state index contributed by atoms with van der Waals surface area (Å²) >= 11 is 0. The lowest BCUT2D eigenvalue weighted by Gasteiger charge is -2.32. The van der Waals surface area contributed by atoms with E-state index in [9.17, 15) is 13.2 Å². The van der Waals surface area contributed by atoms with Crippen molar-refractivity contribution in [2.75, 3.05) is 53.9 Å². The Morgan fingerprint density at radius 1 is 1.24 bits per heavy atom. The number of rotatable bonds is 4. The van der Waals surface area contributed by atoms with E-state index in [1.165, 1.54) is 14.1 Å². The highest BCUT2D eigenvalue weighted by molar-refractivity contribution is 7.87. The largest absolute Gasteiger partial charge is 0.339 e. The minimum atomic E-state index is -3.52. The molecule has 100 valence electrons. The Kier molecular flexibility index (Phi) is 4.87. The predicted molar refractivity (Wildman–Crippen MR) is 64.7 cm³/mol. The van der Waals surface area contributed by atoms with Crippen LogP contribution < -0.4 is 4.72 Å². The van der Waals surface area contributed by atoms with Crippen LogP contribution in [0.4, 0.5) is 0 Å². The zero-order chi connectivity index (χ0) is 13.1. The van der Waals surface area contributed by atoms with Crippen molar-refractivity contribution >= 4 is 16.1 Å². The van der Waals surface area contributed by atoms with Gasteiger partial charge < -0.3 is 9.80 Å². The van der Waals surface area contributed by atoms with Crippen molar-refractivity contribution in [2.24, 2.45) is 0 Å². The smallest absolute Gasteiger partial charge is 0.279 e. The van der Waals surface area contributed by atoms with Gasteiger partial charge in [-0.25, -0.2) is 0 Å². The molecule has 1 amide bonds. The van der Waals surface area contributed by atoms with E-state index >= 15 is 0 Å². The minimum Gasteiger partial charge on any atom is -0.339 e. The number of hydrogen-bond acceptors (Lipinski definition) is 4. The third-order valence-electron chi connectivity index (χ3n) is 2.74. The molecule has 7 nitrogen and oxygen atoms in total. The molecule has 1 saturated heterocycles. The highest BCUT2D eigenvalue weighted by atomic mass is 32.2. The zero-order valence-corrected chi connectivity index (χ0v) is 11.3. The monoisotopic (exact) mass is 264 g/mol. The molecule has 0 saturated carbocycles. The summed E-state index contributed by atoms with van der Waals surface area (Å²) in [5.41, 5.74) is 0. The van der Waals surface area contributed by atoms with Gasteiger partial charge in [-0.3, -0.25) is 4.79 Å². The zero-order valence-electron chi connectivity index (χ0n) is 10.5. The average molecular weight is 264 g/mol. The summed E-state index contributed by atoms with van der Waals surface area (Å²) < 4.78 is 26.1.